The Morgan fingerprint density at radius 1 is 0.808 bits per heavy atom. The van der Waals surface area contributed by atoms with E-state index < -0.39 is 73.8 Å². The predicted octanol–water partition coefficient (Wildman–Crippen LogP) is 1.36. The van der Waals surface area contributed by atoms with Gasteiger partial charge >= 0.3 is 0 Å². The number of hydrogen-bond donors (Lipinski definition) is 7. The topological polar surface area (TPSA) is 197 Å². The summed E-state index contributed by atoms with van der Waals surface area (Å²) < 4.78 is 36.8. The van der Waals surface area contributed by atoms with Crippen molar-refractivity contribution in [2.24, 2.45) is 46.3 Å². The summed E-state index contributed by atoms with van der Waals surface area (Å²) in [4.78, 5) is 0. The minimum atomic E-state index is -1.63. The molecule has 296 valence electrons. The van der Waals surface area contributed by atoms with Gasteiger partial charge in [-0.05, 0) is 91.8 Å². The molecule has 7 N–H and O–H groups in total. The van der Waals surface area contributed by atoms with Crippen LogP contribution in [-0.4, -0.2) is 135 Å². The normalized spacial score (nSPS) is 57.5. The van der Waals surface area contributed by atoms with Crippen LogP contribution in [0.15, 0.2) is 11.6 Å². The number of aliphatic hydroxyl groups excluding tert-OH is 7. The average Bonchev–Trinajstić information content (AvgIpc) is 3.58. The van der Waals surface area contributed by atoms with Crippen molar-refractivity contribution in [3.05, 3.63) is 11.6 Å². The summed E-state index contributed by atoms with van der Waals surface area (Å²) in [5.74, 6) is 2.92. The van der Waals surface area contributed by atoms with E-state index in [9.17, 15) is 35.7 Å². The number of fused-ring (bicyclic) bond motifs is 7. The van der Waals surface area contributed by atoms with Gasteiger partial charge in [0.15, 0.2) is 18.4 Å². The first kappa shape index (κ1) is 38.1. The lowest BCUT2D eigenvalue weighted by atomic mass is 9.47. The Labute approximate surface area is 306 Å². The molecule has 52 heavy (non-hydrogen) atoms. The lowest BCUT2D eigenvalue weighted by Gasteiger charge is -2.58. The summed E-state index contributed by atoms with van der Waals surface area (Å²) in [6.45, 7) is 9.45. The van der Waals surface area contributed by atoms with Gasteiger partial charge in [0.25, 0.3) is 0 Å². The Balaban J connectivity index is 0.906. The van der Waals surface area contributed by atoms with Crippen LogP contribution in [0.25, 0.3) is 0 Å². The van der Waals surface area contributed by atoms with Gasteiger partial charge in [0.1, 0.15) is 48.8 Å². The Morgan fingerprint density at radius 3 is 2.23 bits per heavy atom. The zero-order valence-corrected chi connectivity index (χ0v) is 31.0. The van der Waals surface area contributed by atoms with Gasteiger partial charge in [0, 0.05) is 12.3 Å². The second-order valence-corrected chi connectivity index (χ2v) is 18.3. The molecule has 4 saturated heterocycles. The molecular formula is C39H62O13. The summed E-state index contributed by atoms with van der Waals surface area (Å²) in [5, 5.41) is 72.4. The second-order valence-electron chi connectivity index (χ2n) is 18.3. The Bertz CT molecular complexity index is 1320. The highest BCUT2D eigenvalue weighted by Gasteiger charge is 2.68. The van der Waals surface area contributed by atoms with Crippen LogP contribution < -0.4 is 0 Å². The van der Waals surface area contributed by atoms with Gasteiger partial charge in [0.05, 0.1) is 32.0 Å². The number of rotatable bonds is 6. The van der Waals surface area contributed by atoms with Crippen LogP contribution in [0.5, 0.6) is 0 Å². The maximum absolute atomic E-state index is 10.9. The minimum Gasteiger partial charge on any atom is -0.394 e. The summed E-state index contributed by atoms with van der Waals surface area (Å²) in [6.07, 6.45) is -2.78. The van der Waals surface area contributed by atoms with Crippen LogP contribution in [0, 0.1) is 46.3 Å². The summed E-state index contributed by atoms with van der Waals surface area (Å²) in [5.41, 5.74) is 1.70. The van der Waals surface area contributed by atoms with E-state index in [-0.39, 0.29) is 29.6 Å². The molecule has 0 unspecified atom stereocenters. The third kappa shape index (κ3) is 5.99. The Hall–Kier alpha value is -0.780. The fraction of sp³-hybridized carbons (Fsp3) is 0.949. The first-order valence-corrected chi connectivity index (χ1v) is 20.0. The smallest absolute Gasteiger partial charge is 0.186 e. The molecule has 13 nitrogen and oxygen atoms in total. The average molecular weight is 739 g/mol. The van der Waals surface area contributed by atoms with Crippen LogP contribution in [0.2, 0.25) is 0 Å². The van der Waals surface area contributed by atoms with Crippen molar-refractivity contribution >= 4 is 0 Å². The van der Waals surface area contributed by atoms with Crippen molar-refractivity contribution in [2.45, 2.75) is 165 Å². The molecule has 0 radical (unpaired) electrons. The van der Waals surface area contributed by atoms with E-state index in [2.05, 4.69) is 33.8 Å². The van der Waals surface area contributed by atoms with Gasteiger partial charge in [-0.25, -0.2) is 0 Å². The lowest BCUT2D eigenvalue weighted by molar-refractivity contribution is -0.336. The number of allylic oxidation sites excluding steroid dienone is 1. The monoisotopic (exact) mass is 738 g/mol. The lowest BCUT2D eigenvalue weighted by Crippen LogP contribution is -2.62. The van der Waals surface area contributed by atoms with Gasteiger partial charge in [-0.2, -0.15) is 0 Å². The zero-order chi connectivity index (χ0) is 36.9. The van der Waals surface area contributed by atoms with Crippen LogP contribution in [0.3, 0.4) is 0 Å². The van der Waals surface area contributed by atoms with Crippen molar-refractivity contribution in [1.82, 2.24) is 0 Å². The molecule has 13 heteroatoms. The molecular weight excluding hydrogens is 676 g/mol. The molecule has 0 aromatic heterocycles. The van der Waals surface area contributed by atoms with Crippen LogP contribution >= 0.6 is 0 Å². The third-order valence-electron chi connectivity index (χ3n) is 15.6. The van der Waals surface area contributed by atoms with Crippen LogP contribution in [0.4, 0.5) is 0 Å². The van der Waals surface area contributed by atoms with E-state index in [1.807, 2.05) is 0 Å². The highest BCUT2D eigenvalue weighted by Crippen LogP contribution is 2.70. The third-order valence-corrected chi connectivity index (χ3v) is 15.6. The SMILES string of the molecule is C[C@@H]1CC[C@@]2(OC1)O[C@H]1C[C@@H]3[C@@H]4CC=C5C[C@@H](O[C@@H]6O[C@H](CO[C@@H]7O[C@H](CO)[C@@H](O)[C@H](O)[C@H]7O)[C@@H](O)[C@H](O)[C@H]6O)CC[C@]5(C)[C@H]4CC[C@]3(C)[C@H]1[C@@H]2C. The van der Waals surface area contributed by atoms with Gasteiger partial charge in [-0.1, -0.05) is 39.3 Å². The fourth-order valence-corrected chi connectivity index (χ4v) is 12.5. The molecule has 8 rings (SSSR count). The molecule has 1 spiro atoms. The largest absolute Gasteiger partial charge is 0.394 e. The van der Waals surface area contributed by atoms with Crippen molar-refractivity contribution < 1.29 is 64.2 Å². The van der Waals surface area contributed by atoms with Crippen molar-refractivity contribution in [2.75, 3.05) is 19.8 Å². The summed E-state index contributed by atoms with van der Waals surface area (Å²) in [7, 11) is 0. The van der Waals surface area contributed by atoms with E-state index in [1.54, 1.807) is 0 Å². The molecule has 7 fully saturated rings. The molecule has 21 atom stereocenters. The highest BCUT2D eigenvalue weighted by molar-refractivity contribution is 5.26. The van der Waals surface area contributed by atoms with Gasteiger partial charge in [-0.15, -0.1) is 0 Å². The fourth-order valence-electron chi connectivity index (χ4n) is 12.5. The standard InChI is InChI=1S/C39H62O13/c1-18-7-12-39(48-16-18)19(2)28-25(52-39)14-24-22-6-5-20-13-21(8-10-37(20,3)23(22)9-11-38(24,28)4)49-36-34(46)32(44)30(42)27(51-36)17-47-35-33(45)31(43)29(41)26(15-40)50-35/h5,18-19,21-36,40-46H,6-17H2,1-4H3/t18-,19+,21+,22-,23+,24-,25+,26-,27-,28+,29-,30-,31+,32+,33-,34-,35-,36-,37+,38+,39-/m1/s1. The number of hydrogen-bond acceptors (Lipinski definition) is 13. The Kier molecular flexibility index (Phi) is 10.3. The molecule has 0 amide bonds. The molecule has 8 aliphatic rings. The van der Waals surface area contributed by atoms with Crippen molar-refractivity contribution in [1.29, 1.82) is 0 Å². The molecule has 4 heterocycles. The maximum Gasteiger partial charge on any atom is 0.186 e. The minimum absolute atomic E-state index is 0.0572. The van der Waals surface area contributed by atoms with Crippen LogP contribution in [0.1, 0.15) is 85.5 Å². The number of ether oxygens (including phenoxy) is 6. The molecule has 3 saturated carbocycles. The van der Waals surface area contributed by atoms with Gasteiger partial charge in [-0.3, -0.25) is 0 Å². The molecule has 0 aromatic rings. The van der Waals surface area contributed by atoms with Gasteiger partial charge in [0.2, 0.25) is 0 Å². The Morgan fingerprint density at radius 2 is 1.52 bits per heavy atom. The molecule has 4 aliphatic heterocycles. The first-order valence-electron chi connectivity index (χ1n) is 20.0. The summed E-state index contributed by atoms with van der Waals surface area (Å²) >= 11 is 0. The summed E-state index contributed by atoms with van der Waals surface area (Å²) in [6, 6.07) is 0. The highest BCUT2D eigenvalue weighted by atomic mass is 16.7. The maximum atomic E-state index is 10.9. The van der Waals surface area contributed by atoms with E-state index in [1.165, 1.54) is 24.8 Å². The molecule has 4 aliphatic carbocycles. The quantitative estimate of drug-likeness (QED) is 0.193. The first-order chi connectivity index (χ1) is 24.7. The van der Waals surface area contributed by atoms with Gasteiger partial charge < -0.3 is 64.2 Å². The van der Waals surface area contributed by atoms with E-state index in [4.69, 9.17) is 28.4 Å². The number of aliphatic hydroxyl groups is 7. The second kappa shape index (κ2) is 14.0. The van der Waals surface area contributed by atoms with Crippen molar-refractivity contribution in [3.8, 4) is 0 Å². The van der Waals surface area contributed by atoms with Crippen LogP contribution in [-0.2, 0) is 28.4 Å². The van der Waals surface area contributed by atoms with Crippen molar-refractivity contribution in [3.63, 3.8) is 0 Å². The van der Waals surface area contributed by atoms with E-state index in [0.717, 1.165) is 38.7 Å². The molecule has 0 aromatic carbocycles. The predicted molar refractivity (Wildman–Crippen MR) is 183 cm³/mol. The van der Waals surface area contributed by atoms with E-state index >= 15 is 0 Å². The molecule has 0 bridgehead atoms. The zero-order valence-electron chi connectivity index (χ0n) is 31.0. The van der Waals surface area contributed by atoms with E-state index in [0.29, 0.717) is 41.9 Å².